The van der Waals surface area contributed by atoms with E-state index in [2.05, 4.69) is 10.3 Å². The summed E-state index contributed by atoms with van der Waals surface area (Å²) in [6, 6.07) is 19.5. The summed E-state index contributed by atoms with van der Waals surface area (Å²) in [6.07, 6.45) is 1.45. The fraction of sp³-hybridized carbons (Fsp3) is 0.226. The number of methoxy groups -OCH3 is 1. The molecule has 0 radical (unpaired) electrons. The van der Waals surface area contributed by atoms with Gasteiger partial charge in [-0.1, -0.05) is 53.8 Å². The summed E-state index contributed by atoms with van der Waals surface area (Å²) in [5, 5.41) is 3.51. The number of ether oxygens (including phenoxy) is 1. The lowest BCUT2D eigenvalue weighted by Gasteiger charge is -2.23. The molecular formula is C31H27F2N5O3S. The quantitative estimate of drug-likeness (QED) is 0.271. The number of amides is 1. The highest BCUT2D eigenvalue weighted by atomic mass is 32.1. The van der Waals surface area contributed by atoms with E-state index in [4.69, 9.17) is 9.72 Å². The van der Waals surface area contributed by atoms with E-state index in [0.717, 1.165) is 35.7 Å². The number of aromatic nitrogens is 3. The number of nitrogens with zero attached hydrogens (tertiary/aromatic N) is 4. The number of carbonyl (C=O) groups is 1. The Morgan fingerprint density at radius 3 is 2.48 bits per heavy atom. The maximum absolute atomic E-state index is 14.2. The fourth-order valence-electron chi connectivity index (χ4n) is 5.15. The third-order valence-electron chi connectivity index (χ3n) is 7.24. The van der Waals surface area contributed by atoms with Crippen LogP contribution in [0.5, 0.6) is 5.75 Å². The SMILES string of the molecule is COc1ccc(Cn2c(-c3cc(F)cc(F)c3)nc3sc(N4CCCC4C(=O)NCc4ccccc4)nc3c2=O)cc1. The lowest BCUT2D eigenvalue weighted by atomic mass is 10.1. The molecular weight excluding hydrogens is 560 g/mol. The number of benzene rings is 3. The molecule has 1 atom stereocenters. The number of hydrogen-bond acceptors (Lipinski definition) is 7. The van der Waals surface area contributed by atoms with Crippen LogP contribution in [0.2, 0.25) is 0 Å². The first-order valence-electron chi connectivity index (χ1n) is 13.5. The number of anilines is 1. The van der Waals surface area contributed by atoms with Crippen molar-refractivity contribution in [1.82, 2.24) is 19.9 Å². The minimum absolute atomic E-state index is 0.0975. The lowest BCUT2D eigenvalue weighted by molar-refractivity contribution is -0.122. The predicted octanol–water partition coefficient (Wildman–Crippen LogP) is 5.14. The standard InChI is InChI=1S/C31H27F2N5O3S/c1-41-24-11-9-20(10-12-24)18-38-27(21-14-22(32)16-23(33)15-21)36-29-26(30(38)40)35-31(42-29)37-13-5-8-25(37)28(39)34-17-19-6-3-2-4-7-19/h2-4,6-7,9-12,14-16,25H,5,8,13,17-18H2,1H3,(H,34,39). The highest BCUT2D eigenvalue weighted by molar-refractivity contribution is 7.21. The first-order chi connectivity index (χ1) is 20.4. The summed E-state index contributed by atoms with van der Waals surface area (Å²) >= 11 is 1.19. The van der Waals surface area contributed by atoms with Crippen LogP contribution in [0.25, 0.3) is 21.7 Å². The predicted molar refractivity (Wildman–Crippen MR) is 158 cm³/mol. The first-order valence-corrected chi connectivity index (χ1v) is 14.3. The van der Waals surface area contributed by atoms with E-state index in [0.29, 0.717) is 35.2 Å². The molecule has 1 aliphatic heterocycles. The molecule has 0 aliphatic carbocycles. The van der Waals surface area contributed by atoms with Crippen LogP contribution < -0.4 is 20.5 Å². The molecule has 0 saturated carbocycles. The summed E-state index contributed by atoms with van der Waals surface area (Å²) < 4.78 is 35.1. The molecule has 1 fully saturated rings. The zero-order chi connectivity index (χ0) is 29.2. The highest BCUT2D eigenvalue weighted by Gasteiger charge is 2.33. The zero-order valence-corrected chi connectivity index (χ0v) is 23.5. The second-order valence-corrected chi connectivity index (χ2v) is 11.0. The molecule has 1 unspecified atom stereocenters. The van der Waals surface area contributed by atoms with Gasteiger partial charge in [0.2, 0.25) is 5.91 Å². The van der Waals surface area contributed by atoms with E-state index in [1.807, 2.05) is 35.2 Å². The van der Waals surface area contributed by atoms with Crippen molar-refractivity contribution in [2.45, 2.75) is 32.0 Å². The third kappa shape index (κ3) is 5.60. The third-order valence-corrected chi connectivity index (χ3v) is 8.23. The number of halogens is 2. The van der Waals surface area contributed by atoms with Crippen LogP contribution in [0.15, 0.2) is 77.6 Å². The van der Waals surface area contributed by atoms with Crippen molar-refractivity contribution in [3.05, 3.63) is 106 Å². The maximum atomic E-state index is 14.2. The Morgan fingerprint density at radius 1 is 1.02 bits per heavy atom. The monoisotopic (exact) mass is 587 g/mol. The summed E-state index contributed by atoms with van der Waals surface area (Å²) in [6.45, 7) is 1.11. The molecule has 1 aliphatic rings. The number of hydrogen-bond donors (Lipinski definition) is 1. The van der Waals surface area contributed by atoms with Crippen molar-refractivity contribution in [1.29, 1.82) is 0 Å². The topological polar surface area (TPSA) is 89.3 Å². The molecule has 5 aromatic rings. The molecule has 42 heavy (non-hydrogen) atoms. The van der Waals surface area contributed by atoms with Gasteiger partial charge in [-0.2, -0.15) is 0 Å². The van der Waals surface area contributed by atoms with Crippen molar-refractivity contribution >= 4 is 32.7 Å². The molecule has 1 amide bonds. The van der Waals surface area contributed by atoms with E-state index < -0.39 is 23.2 Å². The van der Waals surface area contributed by atoms with Crippen LogP contribution in [-0.2, 0) is 17.9 Å². The Balaban J connectivity index is 1.37. The minimum Gasteiger partial charge on any atom is -0.497 e. The largest absolute Gasteiger partial charge is 0.497 e. The van der Waals surface area contributed by atoms with Gasteiger partial charge in [0.15, 0.2) is 15.5 Å². The van der Waals surface area contributed by atoms with Crippen molar-refractivity contribution in [3.8, 4) is 17.1 Å². The number of nitrogens with one attached hydrogen (secondary N) is 1. The van der Waals surface area contributed by atoms with Gasteiger partial charge in [0, 0.05) is 24.7 Å². The molecule has 0 spiro atoms. The average Bonchev–Trinajstić information content (AvgIpc) is 3.65. The minimum atomic E-state index is -0.776. The van der Waals surface area contributed by atoms with Gasteiger partial charge in [-0.25, -0.2) is 18.7 Å². The number of carbonyl (C=O) groups excluding carboxylic acids is 1. The van der Waals surface area contributed by atoms with Gasteiger partial charge < -0.3 is 15.0 Å². The van der Waals surface area contributed by atoms with E-state index in [9.17, 15) is 18.4 Å². The smallest absolute Gasteiger partial charge is 0.281 e. The van der Waals surface area contributed by atoms with Crippen molar-refractivity contribution in [2.75, 3.05) is 18.6 Å². The Labute approximate surface area is 244 Å². The van der Waals surface area contributed by atoms with Gasteiger partial charge in [0.05, 0.1) is 13.7 Å². The molecule has 0 bridgehead atoms. The summed E-state index contributed by atoms with van der Waals surface area (Å²) in [4.78, 5) is 38.6. The van der Waals surface area contributed by atoms with Crippen LogP contribution >= 0.6 is 11.3 Å². The second-order valence-electron chi connectivity index (χ2n) is 10.0. The average molecular weight is 588 g/mol. The lowest BCUT2D eigenvalue weighted by Crippen LogP contribution is -2.43. The van der Waals surface area contributed by atoms with Gasteiger partial charge in [0.1, 0.15) is 29.3 Å². The summed E-state index contributed by atoms with van der Waals surface area (Å²) in [5.74, 6) is -0.889. The molecule has 6 rings (SSSR count). The van der Waals surface area contributed by atoms with Gasteiger partial charge in [-0.15, -0.1) is 0 Å². The fourth-order valence-corrected chi connectivity index (χ4v) is 6.16. The molecule has 214 valence electrons. The molecule has 11 heteroatoms. The highest BCUT2D eigenvalue weighted by Crippen LogP contribution is 2.33. The van der Waals surface area contributed by atoms with E-state index in [1.54, 1.807) is 31.4 Å². The van der Waals surface area contributed by atoms with Crippen LogP contribution in [0.3, 0.4) is 0 Å². The Hall–Kier alpha value is -4.64. The molecule has 1 saturated heterocycles. The van der Waals surface area contributed by atoms with Crippen LogP contribution in [0, 0.1) is 11.6 Å². The van der Waals surface area contributed by atoms with Gasteiger partial charge in [-0.05, 0) is 48.2 Å². The van der Waals surface area contributed by atoms with E-state index in [-0.39, 0.29) is 29.4 Å². The normalized spacial score (nSPS) is 14.8. The van der Waals surface area contributed by atoms with Gasteiger partial charge in [0.25, 0.3) is 5.56 Å². The molecule has 3 heterocycles. The van der Waals surface area contributed by atoms with E-state index >= 15 is 0 Å². The molecule has 3 aromatic carbocycles. The van der Waals surface area contributed by atoms with Crippen molar-refractivity contribution in [3.63, 3.8) is 0 Å². The molecule has 1 N–H and O–H groups in total. The number of thiazole rings is 1. The maximum Gasteiger partial charge on any atom is 0.281 e. The summed E-state index contributed by atoms with van der Waals surface area (Å²) in [7, 11) is 1.56. The first kappa shape index (κ1) is 27.5. The number of fused-ring (bicyclic) bond motifs is 1. The van der Waals surface area contributed by atoms with E-state index in [1.165, 1.54) is 15.9 Å². The Bertz CT molecular complexity index is 1790. The Kier molecular flexibility index (Phi) is 7.66. The zero-order valence-electron chi connectivity index (χ0n) is 22.7. The molecule has 8 nitrogen and oxygen atoms in total. The number of rotatable bonds is 8. The van der Waals surface area contributed by atoms with Crippen molar-refractivity contribution < 1.29 is 18.3 Å². The van der Waals surface area contributed by atoms with Crippen LogP contribution in [0.1, 0.15) is 24.0 Å². The molecule has 2 aromatic heterocycles. The van der Waals surface area contributed by atoms with Crippen LogP contribution in [-0.4, -0.2) is 40.1 Å². The Morgan fingerprint density at radius 2 is 1.76 bits per heavy atom. The van der Waals surface area contributed by atoms with Crippen molar-refractivity contribution in [2.24, 2.45) is 0 Å². The van der Waals surface area contributed by atoms with Crippen LogP contribution in [0.4, 0.5) is 13.9 Å². The van der Waals surface area contributed by atoms with Gasteiger partial charge in [-0.3, -0.25) is 14.2 Å². The summed E-state index contributed by atoms with van der Waals surface area (Å²) in [5.41, 5.74) is 1.59. The van der Waals surface area contributed by atoms with Gasteiger partial charge >= 0.3 is 0 Å². The second kappa shape index (κ2) is 11.7.